The van der Waals surface area contributed by atoms with Crippen LogP contribution in [0.15, 0.2) is 12.2 Å². The molecule has 0 aromatic carbocycles. The Kier molecular flexibility index (Phi) is 37.5. The van der Waals surface area contributed by atoms with Crippen molar-refractivity contribution in [1.29, 1.82) is 0 Å². The van der Waals surface area contributed by atoms with E-state index in [-0.39, 0.29) is 0 Å². The van der Waals surface area contributed by atoms with Crippen molar-refractivity contribution in [1.82, 2.24) is 5.32 Å². The van der Waals surface area contributed by atoms with Crippen LogP contribution < -0.4 is 5.32 Å². The molecule has 5 N–H and O–H groups in total. The summed E-state index contributed by atoms with van der Waals surface area (Å²) in [7, 11) is 0. The SMILES string of the molecule is CCCCCCCCCCCCCC/C=C/CCCC(O)C(O)C(CO)NC(=O)C(O)CCCCCCCCCCCCCCCCCC. The van der Waals surface area contributed by atoms with Crippen LogP contribution in [0.3, 0.4) is 0 Å². The van der Waals surface area contributed by atoms with Crippen molar-refractivity contribution in [2.75, 3.05) is 6.61 Å². The van der Waals surface area contributed by atoms with Crippen molar-refractivity contribution >= 4 is 5.91 Å². The second kappa shape index (κ2) is 38.3. The Morgan fingerprint density at radius 2 is 0.837 bits per heavy atom. The van der Waals surface area contributed by atoms with Gasteiger partial charge in [0.15, 0.2) is 0 Å². The van der Waals surface area contributed by atoms with Gasteiger partial charge in [-0.3, -0.25) is 4.79 Å². The lowest BCUT2D eigenvalue weighted by Crippen LogP contribution is -2.53. The highest BCUT2D eigenvalue weighted by Gasteiger charge is 2.28. The first-order valence-corrected chi connectivity index (χ1v) is 21.6. The molecule has 0 aliphatic rings. The molecule has 0 rings (SSSR count). The molecule has 292 valence electrons. The predicted octanol–water partition coefficient (Wildman–Crippen LogP) is 11.0. The van der Waals surface area contributed by atoms with Crippen LogP contribution in [0.1, 0.15) is 226 Å². The molecule has 6 heteroatoms. The summed E-state index contributed by atoms with van der Waals surface area (Å²) in [4.78, 5) is 12.5. The van der Waals surface area contributed by atoms with E-state index in [0.29, 0.717) is 12.8 Å². The van der Waals surface area contributed by atoms with Gasteiger partial charge >= 0.3 is 0 Å². The molecule has 0 aromatic heterocycles. The summed E-state index contributed by atoms with van der Waals surface area (Å²) in [6, 6.07) is -0.996. The normalized spacial score (nSPS) is 14.3. The highest BCUT2D eigenvalue weighted by Crippen LogP contribution is 2.16. The van der Waals surface area contributed by atoms with E-state index in [4.69, 9.17) is 0 Å². The molecule has 0 saturated heterocycles. The average Bonchev–Trinajstić information content (AvgIpc) is 3.11. The van der Waals surface area contributed by atoms with Crippen LogP contribution in [0.4, 0.5) is 0 Å². The number of amides is 1. The molecule has 0 radical (unpaired) electrons. The van der Waals surface area contributed by atoms with Crippen molar-refractivity contribution in [3.63, 3.8) is 0 Å². The van der Waals surface area contributed by atoms with Crippen LogP contribution in [0.2, 0.25) is 0 Å². The van der Waals surface area contributed by atoms with Gasteiger partial charge in [0, 0.05) is 0 Å². The van der Waals surface area contributed by atoms with E-state index in [1.165, 1.54) is 161 Å². The summed E-state index contributed by atoms with van der Waals surface area (Å²) in [5.74, 6) is -0.591. The zero-order chi connectivity index (χ0) is 36.0. The second-order valence-corrected chi connectivity index (χ2v) is 15.0. The number of rotatable bonds is 39. The summed E-state index contributed by atoms with van der Waals surface area (Å²) in [5.41, 5.74) is 0. The van der Waals surface area contributed by atoms with Gasteiger partial charge < -0.3 is 25.7 Å². The third kappa shape index (κ3) is 32.7. The molecule has 0 aliphatic heterocycles. The van der Waals surface area contributed by atoms with Gasteiger partial charge in [-0.15, -0.1) is 0 Å². The fraction of sp³-hybridized carbons (Fsp3) is 0.930. The van der Waals surface area contributed by atoms with Crippen molar-refractivity contribution in [3.8, 4) is 0 Å². The van der Waals surface area contributed by atoms with Gasteiger partial charge in [0.25, 0.3) is 0 Å². The number of nitrogens with one attached hydrogen (secondary N) is 1. The fourth-order valence-electron chi connectivity index (χ4n) is 6.76. The van der Waals surface area contributed by atoms with Crippen molar-refractivity contribution in [2.24, 2.45) is 0 Å². The second-order valence-electron chi connectivity index (χ2n) is 15.0. The van der Waals surface area contributed by atoms with E-state index in [9.17, 15) is 25.2 Å². The minimum absolute atomic E-state index is 0.368. The summed E-state index contributed by atoms with van der Waals surface area (Å²) in [5, 5.41) is 43.6. The van der Waals surface area contributed by atoms with E-state index in [2.05, 4.69) is 31.3 Å². The first-order chi connectivity index (χ1) is 24.0. The minimum Gasteiger partial charge on any atom is -0.394 e. The monoisotopic (exact) mass is 696 g/mol. The average molecular weight is 696 g/mol. The maximum absolute atomic E-state index is 12.5. The lowest BCUT2D eigenvalue weighted by Gasteiger charge is -2.27. The number of aliphatic hydroxyl groups excluding tert-OH is 4. The third-order valence-corrected chi connectivity index (χ3v) is 10.2. The summed E-state index contributed by atoms with van der Waals surface area (Å²) < 4.78 is 0. The van der Waals surface area contributed by atoms with Crippen molar-refractivity contribution < 1.29 is 25.2 Å². The Hall–Kier alpha value is -0.950. The van der Waals surface area contributed by atoms with Crippen LogP contribution in [-0.4, -0.2) is 57.3 Å². The molecule has 0 aliphatic carbocycles. The van der Waals surface area contributed by atoms with Gasteiger partial charge in [0.05, 0.1) is 18.8 Å². The predicted molar refractivity (Wildman–Crippen MR) is 210 cm³/mol. The molecule has 4 unspecified atom stereocenters. The van der Waals surface area contributed by atoms with Crippen LogP contribution in [0, 0.1) is 0 Å². The standard InChI is InChI=1S/C43H85NO5/c1-3-5-7-9-11-13-15-17-19-21-23-24-26-28-30-32-34-36-40(46)42(48)39(38-45)44-43(49)41(47)37-35-33-31-29-27-25-22-20-18-16-14-12-10-8-6-4-2/h28,30,39-42,45-48H,3-27,29,31-38H2,1-2H3,(H,44,49)/b30-28+. The zero-order valence-electron chi connectivity index (χ0n) is 32.7. The quantitative estimate of drug-likeness (QED) is 0.0325. The van der Waals surface area contributed by atoms with E-state index in [1.807, 2.05) is 0 Å². The Labute approximate surface area is 304 Å². The Bertz CT molecular complexity index is 702. The lowest BCUT2D eigenvalue weighted by atomic mass is 10.00. The molecule has 49 heavy (non-hydrogen) atoms. The summed E-state index contributed by atoms with van der Waals surface area (Å²) in [6.07, 6.45) is 41.0. The number of carbonyl (C=O) groups is 1. The van der Waals surface area contributed by atoms with Crippen molar-refractivity contribution in [2.45, 2.75) is 250 Å². The van der Waals surface area contributed by atoms with Gasteiger partial charge in [-0.1, -0.05) is 199 Å². The van der Waals surface area contributed by atoms with E-state index < -0.39 is 36.9 Å². The van der Waals surface area contributed by atoms with Crippen molar-refractivity contribution in [3.05, 3.63) is 12.2 Å². The van der Waals surface area contributed by atoms with E-state index >= 15 is 0 Å². The van der Waals surface area contributed by atoms with Crippen LogP contribution in [-0.2, 0) is 4.79 Å². The number of hydrogen-bond acceptors (Lipinski definition) is 5. The molecule has 4 atom stereocenters. The first-order valence-electron chi connectivity index (χ1n) is 21.6. The highest BCUT2D eigenvalue weighted by atomic mass is 16.3. The smallest absolute Gasteiger partial charge is 0.249 e. The molecule has 6 nitrogen and oxygen atoms in total. The molecule has 0 heterocycles. The first kappa shape index (κ1) is 48.0. The zero-order valence-corrected chi connectivity index (χ0v) is 32.7. The van der Waals surface area contributed by atoms with Gasteiger partial charge in [-0.05, 0) is 38.5 Å². The van der Waals surface area contributed by atoms with Gasteiger partial charge in [-0.25, -0.2) is 0 Å². The number of carbonyl (C=O) groups excluding carboxylic acids is 1. The van der Waals surface area contributed by atoms with Gasteiger partial charge in [-0.2, -0.15) is 0 Å². The number of allylic oxidation sites excluding steroid dienone is 2. The van der Waals surface area contributed by atoms with Crippen LogP contribution in [0.5, 0.6) is 0 Å². The largest absolute Gasteiger partial charge is 0.394 e. The minimum atomic E-state index is -1.28. The third-order valence-electron chi connectivity index (χ3n) is 10.2. The highest BCUT2D eigenvalue weighted by molar-refractivity contribution is 5.80. The molecular formula is C43H85NO5. The number of hydrogen-bond donors (Lipinski definition) is 5. The summed E-state index contributed by atoms with van der Waals surface area (Å²) >= 11 is 0. The topological polar surface area (TPSA) is 110 Å². The lowest BCUT2D eigenvalue weighted by molar-refractivity contribution is -0.132. The number of aliphatic hydroxyl groups is 4. The number of unbranched alkanes of at least 4 members (excludes halogenated alkanes) is 28. The molecule has 0 aromatic rings. The van der Waals surface area contributed by atoms with E-state index in [0.717, 1.165) is 38.5 Å². The maximum Gasteiger partial charge on any atom is 0.249 e. The fourth-order valence-corrected chi connectivity index (χ4v) is 6.76. The summed E-state index contributed by atoms with van der Waals surface area (Å²) in [6.45, 7) is 4.04. The van der Waals surface area contributed by atoms with E-state index in [1.54, 1.807) is 0 Å². The van der Waals surface area contributed by atoms with Crippen LogP contribution in [0.25, 0.3) is 0 Å². The molecule has 0 fully saturated rings. The van der Waals surface area contributed by atoms with Gasteiger partial charge in [0.2, 0.25) is 5.91 Å². The Morgan fingerprint density at radius 3 is 1.22 bits per heavy atom. The maximum atomic E-state index is 12.5. The molecule has 0 bridgehead atoms. The van der Waals surface area contributed by atoms with Crippen LogP contribution >= 0.6 is 0 Å². The molecule has 0 spiro atoms. The Morgan fingerprint density at radius 1 is 0.490 bits per heavy atom. The van der Waals surface area contributed by atoms with Gasteiger partial charge in [0.1, 0.15) is 12.2 Å². The molecule has 1 amide bonds. The Balaban J connectivity index is 3.77. The molecular weight excluding hydrogens is 610 g/mol. The molecule has 0 saturated carbocycles.